The van der Waals surface area contributed by atoms with Gasteiger partial charge in [-0.15, -0.1) is 0 Å². The molecule has 2 amide bonds. The zero-order valence-electron chi connectivity index (χ0n) is 13.9. The van der Waals surface area contributed by atoms with E-state index in [9.17, 15) is 9.90 Å². The summed E-state index contributed by atoms with van der Waals surface area (Å²) in [4.78, 5) is 14.2. The highest BCUT2D eigenvalue weighted by Crippen LogP contribution is 2.34. The van der Waals surface area contributed by atoms with Crippen molar-refractivity contribution >= 4 is 6.03 Å². The number of urea groups is 1. The Labute approximate surface area is 132 Å². The third kappa shape index (κ3) is 4.00. The van der Waals surface area contributed by atoms with Crippen LogP contribution in [0.3, 0.4) is 0 Å². The fourth-order valence-corrected chi connectivity index (χ4v) is 3.05. The number of aromatic nitrogens is 2. The van der Waals surface area contributed by atoms with Crippen LogP contribution in [-0.4, -0.2) is 52.0 Å². The number of amides is 2. The van der Waals surface area contributed by atoms with Gasteiger partial charge in [0.25, 0.3) is 0 Å². The number of H-pyrrole nitrogens is 1. The largest absolute Gasteiger partial charge is 0.396 e. The molecule has 0 aliphatic carbocycles. The Balaban J connectivity index is 1.80. The van der Waals surface area contributed by atoms with Crippen LogP contribution in [0.25, 0.3) is 0 Å². The zero-order valence-corrected chi connectivity index (χ0v) is 13.9. The molecule has 1 atom stereocenters. The number of carbonyl (C=O) groups is 1. The second-order valence-electron chi connectivity index (χ2n) is 6.60. The normalized spacial score (nSPS) is 19.0. The van der Waals surface area contributed by atoms with E-state index in [-0.39, 0.29) is 24.1 Å². The molecule has 1 aliphatic rings. The van der Waals surface area contributed by atoms with Crippen LogP contribution in [0, 0.1) is 12.3 Å². The minimum Gasteiger partial charge on any atom is -0.396 e. The van der Waals surface area contributed by atoms with Crippen LogP contribution >= 0.6 is 0 Å². The first-order valence-corrected chi connectivity index (χ1v) is 8.15. The Morgan fingerprint density at radius 2 is 2.23 bits per heavy atom. The molecule has 3 N–H and O–H groups in total. The van der Waals surface area contributed by atoms with E-state index >= 15 is 0 Å². The van der Waals surface area contributed by atoms with Crippen LogP contribution in [0.1, 0.15) is 44.5 Å². The van der Waals surface area contributed by atoms with Crippen molar-refractivity contribution in [1.82, 2.24) is 20.4 Å². The summed E-state index contributed by atoms with van der Waals surface area (Å²) < 4.78 is 0. The van der Waals surface area contributed by atoms with Crippen molar-refractivity contribution in [2.75, 3.05) is 19.7 Å². The van der Waals surface area contributed by atoms with Crippen LogP contribution in [0.4, 0.5) is 4.79 Å². The van der Waals surface area contributed by atoms with E-state index in [2.05, 4.69) is 22.4 Å². The predicted molar refractivity (Wildman–Crippen MR) is 85.6 cm³/mol. The molecule has 6 nitrogen and oxygen atoms in total. The third-order valence-corrected chi connectivity index (χ3v) is 4.84. The summed E-state index contributed by atoms with van der Waals surface area (Å²) in [7, 11) is 0. The summed E-state index contributed by atoms with van der Waals surface area (Å²) in [5.74, 6) is 0. The van der Waals surface area contributed by atoms with Gasteiger partial charge in [-0.05, 0) is 44.6 Å². The lowest BCUT2D eigenvalue weighted by Crippen LogP contribution is -2.50. The van der Waals surface area contributed by atoms with Crippen LogP contribution in [-0.2, 0) is 6.42 Å². The maximum Gasteiger partial charge on any atom is 0.317 e. The highest BCUT2D eigenvalue weighted by molar-refractivity contribution is 5.74. The Hall–Kier alpha value is -1.56. The number of piperidine rings is 1. The first-order chi connectivity index (χ1) is 10.5. The summed E-state index contributed by atoms with van der Waals surface area (Å²) in [5.41, 5.74) is 2.01. The molecule has 22 heavy (non-hydrogen) atoms. The Morgan fingerprint density at radius 1 is 1.55 bits per heavy atom. The number of aromatic amines is 1. The van der Waals surface area contributed by atoms with Crippen molar-refractivity contribution in [3.63, 3.8) is 0 Å². The van der Waals surface area contributed by atoms with Gasteiger partial charge in [0.05, 0.1) is 5.69 Å². The van der Waals surface area contributed by atoms with Crippen LogP contribution in [0.15, 0.2) is 6.07 Å². The number of hydrogen-bond acceptors (Lipinski definition) is 3. The molecule has 0 bridgehead atoms. The quantitative estimate of drug-likeness (QED) is 0.776. The molecular formula is C16H28N4O2. The van der Waals surface area contributed by atoms with E-state index in [1.165, 1.54) is 0 Å². The zero-order chi connectivity index (χ0) is 16.2. The number of nitrogens with one attached hydrogen (secondary N) is 2. The SMILES string of the molecule is CCC1(CO)CCN(C(=O)NC(C)Cc2cc(C)[nH]n2)CC1. The first-order valence-electron chi connectivity index (χ1n) is 8.15. The average Bonchev–Trinajstić information content (AvgIpc) is 2.92. The van der Waals surface area contributed by atoms with Gasteiger partial charge >= 0.3 is 6.03 Å². The molecule has 1 unspecified atom stereocenters. The number of rotatable bonds is 5. The molecule has 1 aromatic heterocycles. The molecule has 124 valence electrons. The molecule has 6 heteroatoms. The molecule has 0 saturated carbocycles. The lowest BCUT2D eigenvalue weighted by atomic mass is 9.77. The van der Waals surface area contributed by atoms with Crippen molar-refractivity contribution in [3.8, 4) is 0 Å². The minimum absolute atomic E-state index is 0.00890. The van der Waals surface area contributed by atoms with Gasteiger partial charge in [-0.3, -0.25) is 5.10 Å². The fraction of sp³-hybridized carbons (Fsp3) is 0.750. The van der Waals surface area contributed by atoms with Crippen molar-refractivity contribution in [2.24, 2.45) is 5.41 Å². The lowest BCUT2D eigenvalue weighted by Gasteiger charge is -2.40. The number of nitrogens with zero attached hydrogens (tertiary/aromatic N) is 2. The average molecular weight is 308 g/mol. The lowest BCUT2D eigenvalue weighted by molar-refractivity contribution is 0.0516. The van der Waals surface area contributed by atoms with Gasteiger partial charge in [-0.1, -0.05) is 6.92 Å². The van der Waals surface area contributed by atoms with Gasteiger partial charge in [0.15, 0.2) is 0 Å². The van der Waals surface area contributed by atoms with Gasteiger partial charge in [-0.25, -0.2) is 4.79 Å². The third-order valence-electron chi connectivity index (χ3n) is 4.84. The molecular weight excluding hydrogens is 280 g/mol. The van der Waals surface area contributed by atoms with Gasteiger partial charge in [0, 0.05) is 37.9 Å². The standard InChI is InChI=1S/C16H28N4O2/c1-4-16(11-21)5-7-20(8-6-16)15(22)17-12(2)9-14-10-13(3)18-19-14/h10,12,21H,4-9,11H2,1-3H3,(H,17,22)(H,18,19). The number of aliphatic hydroxyl groups excluding tert-OH is 1. The maximum atomic E-state index is 12.3. The number of likely N-dealkylation sites (tertiary alicyclic amines) is 1. The van der Waals surface area contributed by atoms with E-state index in [1.54, 1.807) is 0 Å². The smallest absolute Gasteiger partial charge is 0.317 e. The number of aliphatic hydroxyl groups is 1. The molecule has 2 heterocycles. The van der Waals surface area contributed by atoms with Gasteiger partial charge in [-0.2, -0.15) is 5.10 Å². The molecule has 0 spiro atoms. The fourth-order valence-electron chi connectivity index (χ4n) is 3.05. The van der Waals surface area contributed by atoms with Crippen LogP contribution in [0.2, 0.25) is 0 Å². The maximum absolute atomic E-state index is 12.3. The van der Waals surface area contributed by atoms with E-state index in [0.29, 0.717) is 13.1 Å². The molecule has 0 aromatic carbocycles. The number of aryl methyl sites for hydroxylation is 1. The first kappa shape index (κ1) is 16.8. The van der Waals surface area contributed by atoms with Crippen LogP contribution in [0.5, 0.6) is 0 Å². The van der Waals surface area contributed by atoms with Crippen molar-refractivity contribution in [3.05, 3.63) is 17.5 Å². The molecule has 0 radical (unpaired) electrons. The van der Waals surface area contributed by atoms with Crippen molar-refractivity contribution in [2.45, 2.75) is 52.5 Å². The summed E-state index contributed by atoms with van der Waals surface area (Å²) in [5, 5.41) is 19.7. The Morgan fingerprint density at radius 3 is 2.73 bits per heavy atom. The van der Waals surface area contributed by atoms with Gasteiger partial charge in [0.2, 0.25) is 0 Å². The monoisotopic (exact) mass is 308 g/mol. The van der Waals surface area contributed by atoms with E-state index in [0.717, 1.165) is 37.1 Å². The molecule has 1 saturated heterocycles. The molecule has 1 aromatic rings. The summed E-state index contributed by atoms with van der Waals surface area (Å²) in [6, 6.07) is 2.04. The van der Waals surface area contributed by atoms with E-state index < -0.39 is 0 Å². The minimum atomic E-state index is -0.0117. The second-order valence-corrected chi connectivity index (χ2v) is 6.60. The highest BCUT2D eigenvalue weighted by Gasteiger charge is 2.34. The summed E-state index contributed by atoms with van der Waals surface area (Å²) >= 11 is 0. The molecule has 1 aliphatic heterocycles. The highest BCUT2D eigenvalue weighted by atomic mass is 16.3. The number of carbonyl (C=O) groups excluding carboxylic acids is 1. The predicted octanol–water partition coefficient (Wildman–Crippen LogP) is 1.84. The Bertz CT molecular complexity index is 486. The summed E-state index contributed by atoms with van der Waals surface area (Å²) in [6.45, 7) is 7.72. The molecule has 1 fully saturated rings. The summed E-state index contributed by atoms with van der Waals surface area (Å²) in [6.07, 6.45) is 3.44. The number of hydrogen-bond donors (Lipinski definition) is 3. The second kappa shape index (κ2) is 7.13. The topological polar surface area (TPSA) is 81.2 Å². The van der Waals surface area contributed by atoms with E-state index in [1.807, 2.05) is 24.8 Å². The van der Waals surface area contributed by atoms with Crippen molar-refractivity contribution < 1.29 is 9.90 Å². The molecule has 2 rings (SSSR count). The van der Waals surface area contributed by atoms with E-state index in [4.69, 9.17) is 0 Å². The van der Waals surface area contributed by atoms with Crippen molar-refractivity contribution in [1.29, 1.82) is 0 Å². The Kier molecular flexibility index (Phi) is 5.45. The van der Waals surface area contributed by atoms with Crippen LogP contribution < -0.4 is 5.32 Å². The van der Waals surface area contributed by atoms with Gasteiger partial charge < -0.3 is 15.3 Å². The van der Waals surface area contributed by atoms with Gasteiger partial charge in [0.1, 0.15) is 0 Å².